The van der Waals surface area contributed by atoms with Gasteiger partial charge >= 0.3 is 5.97 Å². The van der Waals surface area contributed by atoms with Gasteiger partial charge in [-0.2, -0.15) is 0 Å². The number of anilines is 1. The predicted molar refractivity (Wildman–Crippen MR) is 79.6 cm³/mol. The van der Waals surface area contributed by atoms with Crippen LogP contribution >= 0.6 is 0 Å². The zero-order valence-corrected chi connectivity index (χ0v) is 12.4. The van der Waals surface area contributed by atoms with Crippen LogP contribution in [0.15, 0.2) is 40.4 Å². The highest BCUT2D eigenvalue weighted by Crippen LogP contribution is 2.63. The van der Waals surface area contributed by atoms with Crippen molar-refractivity contribution in [3.63, 3.8) is 0 Å². The lowest BCUT2D eigenvalue weighted by molar-refractivity contribution is 0.0693. The Labute approximate surface area is 126 Å². The number of nitrogens with zero attached hydrogens (tertiary/aromatic N) is 2. The average Bonchev–Trinajstić information content (AvgIpc) is 2.41. The van der Waals surface area contributed by atoms with Gasteiger partial charge in [-0.1, -0.05) is 20.8 Å². The van der Waals surface area contributed by atoms with Crippen molar-refractivity contribution < 1.29 is 15.0 Å². The first-order valence-electron chi connectivity index (χ1n) is 7.06. The number of allylic oxidation sites excluding steroid dienone is 4. The number of hydrogen-bond donors (Lipinski definition) is 3. The van der Waals surface area contributed by atoms with Crippen molar-refractivity contribution in [2.45, 2.75) is 26.2 Å². The topological polar surface area (TPSA) is 95.3 Å². The molecule has 1 atom stereocenters. The molecule has 1 aromatic rings. The van der Waals surface area contributed by atoms with Crippen molar-refractivity contribution >= 4 is 11.9 Å². The van der Waals surface area contributed by atoms with Gasteiger partial charge in [0.1, 0.15) is 5.76 Å². The maximum absolute atomic E-state index is 11.3. The second kappa shape index (κ2) is 3.76. The van der Waals surface area contributed by atoms with Crippen molar-refractivity contribution in [3.8, 4) is 0 Å². The first-order chi connectivity index (χ1) is 10.3. The molecule has 112 valence electrons. The van der Waals surface area contributed by atoms with E-state index >= 15 is 0 Å². The Kier molecular flexibility index (Phi) is 2.24. The van der Waals surface area contributed by atoms with E-state index in [-0.39, 0.29) is 5.56 Å². The van der Waals surface area contributed by atoms with Crippen molar-refractivity contribution in [2.24, 2.45) is 5.92 Å². The number of carboxylic acids is 1. The summed E-state index contributed by atoms with van der Waals surface area (Å²) in [4.78, 5) is 19.8. The van der Waals surface area contributed by atoms with E-state index in [0.717, 1.165) is 22.4 Å². The minimum absolute atomic E-state index is 0.110. The van der Waals surface area contributed by atoms with Gasteiger partial charge in [0.05, 0.1) is 17.0 Å². The van der Waals surface area contributed by atoms with Gasteiger partial charge in [0.15, 0.2) is 0 Å². The van der Waals surface area contributed by atoms with E-state index in [9.17, 15) is 15.0 Å². The van der Waals surface area contributed by atoms with Gasteiger partial charge < -0.3 is 15.5 Å². The van der Waals surface area contributed by atoms with E-state index in [1.54, 1.807) is 0 Å². The van der Waals surface area contributed by atoms with E-state index < -0.39 is 11.4 Å². The molecule has 3 aliphatic rings. The third-order valence-electron chi connectivity index (χ3n) is 4.27. The molecule has 1 aromatic heterocycles. The Balaban J connectivity index is 1.70. The van der Waals surface area contributed by atoms with Crippen LogP contribution < -0.4 is 5.32 Å². The van der Waals surface area contributed by atoms with Crippen molar-refractivity contribution in [1.82, 2.24) is 9.97 Å². The molecule has 0 fully saturated rings. The Bertz CT molecular complexity index is 841. The summed E-state index contributed by atoms with van der Waals surface area (Å²) in [6, 6.07) is 0. The molecular formula is C16H15N3O3. The standard InChI is InChI=1S/C16H15N3O3/c1-16(2,3)13-8(14(21)22)5-17-15(19-13)18-11-6-4-7-9(6)10(11)12(7)20/h4-5,9,20H,1-3H3,(H,21,22)(H,17,18,19). The fourth-order valence-electron chi connectivity index (χ4n) is 3.11. The Morgan fingerprint density at radius 3 is 2.64 bits per heavy atom. The minimum atomic E-state index is -1.03. The molecule has 0 spiro atoms. The van der Waals surface area contributed by atoms with Gasteiger partial charge in [0.25, 0.3) is 0 Å². The molecule has 1 unspecified atom stereocenters. The maximum Gasteiger partial charge on any atom is 0.339 e. The van der Waals surface area contributed by atoms with Crippen LogP contribution in [0.2, 0.25) is 0 Å². The molecule has 0 aliphatic heterocycles. The molecule has 6 heteroatoms. The number of nitrogens with one attached hydrogen (secondary N) is 1. The van der Waals surface area contributed by atoms with Crippen LogP contribution in [0.4, 0.5) is 5.95 Å². The van der Waals surface area contributed by atoms with Gasteiger partial charge in [-0.05, 0) is 11.6 Å². The minimum Gasteiger partial charge on any atom is -0.507 e. The summed E-state index contributed by atoms with van der Waals surface area (Å²) in [6.45, 7) is 5.73. The van der Waals surface area contributed by atoms with Crippen molar-refractivity contribution in [1.29, 1.82) is 0 Å². The SMILES string of the molecule is CC(C)(C)c1nc(NC2=C3C=C4C(O)=C2C43)ncc1C(=O)O. The van der Waals surface area contributed by atoms with Crippen LogP contribution in [0.5, 0.6) is 0 Å². The van der Waals surface area contributed by atoms with Crippen LogP contribution in [0.25, 0.3) is 0 Å². The second-order valence-corrected chi connectivity index (χ2v) is 6.76. The van der Waals surface area contributed by atoms with Gasteiger partial charge in [-0.15, -0.1) is 0 Å². The number of aliphatic hydroxyl groups excluding tert-OH is 1. The zero-order chi connectivity index (χ0) is 15.8. The molecule has 0 bridgehead atoms. The lowest BCUT2D eigenvalue weighted by Crippen LogP contribution is -2.43. The molecule has 4 rings (SSSR count). The number of carboxylic acid groups (broad SMARTS) is 1. The van der Waals surface area contributed by atoms with E-state index in [1.165, 1.54) is 6.20 Å². The highest BCUT2D eigenvalue weighted by atomic mass is 16.4. The summed E-state index contributed by atoms with van der Waals surface area (Å²) in [5, 5.41) is 22.2. The molecule has 0 radical (unpaired) electrons. The molecular weight excluding hydrogens is 282 g/mol. The Morgan fingerprint density at radius 1 is 1.36 bits per heavy atom. The molecule has 0 saturated heterocycles. The Morgan fingerprint density at radius 2 is 2.09 bits per heavy atom. The number of aliphatic hydroxyl groups is 1. The van der Waals surface area contributed by atoms with Gasteiger partial charge in [0.2, 0.25) is 5.95 Å². The number of aromatic carboxylic acids is 1. The number of hydrogen-bond acceptors (Lipinski definition) is 5. The molecule has 22 heavy (non-hydrogen) atoms. The van der Waals surface area contributed by atoms with Crippen LogP contribution in [-0.4, -0.2) is 26.2 Å². The summed E-state index contributed by atoms with van der Waals surface area (Å²) in [5.74, 6) is -0.0263. The normalized spacial score (nSPS) is 21.4. The average molecular weight is 297 g/mol. The molecule has 1 heterocycles. The summed E-state index contributed by atoms with van der Waals surface area (Å²) in [6.07, 6.45) is 3.28. The molecule has 0 amide bonds. The molecule has 3 N–H and O–H groups in total. The lowest BCUT2D eigenvalue weighted by Gasteiger charge is -2.51. The monoisotopic (exact) mass is 297 g/mol. The third kappa shape index (κ3) is 1.46. The first-order valence-corrected chi connectivity index (χ1v) is 7.06. The van der Waals surface area contributed by atoms with Crippen molar-refractivity contribution in [2.75, 3.05) is 5.32 Å². The summed E-state index contributed by atoms with van der Waals surface area (Å²) in [7, 11) is 0. The lowest BCUT2D eigenvalue weighted by atomic mass is 9.54. The van der Waals surface area contributed by atoms with E-state index in [2.05, 4.69) is 15.3 Å². The zero-order valence-electron chi connectivity index (χ0n) is 12.4. The molecule has 0 aromatic carbocycles. The van der Waals surface area contributed by atoms with Crippen LogP contribution in [0.3, 0.4) is 0 Å². The van der Waals surface area contributed by atoms with Crippen LogP contribution in [-0.2, 0) is 5.41 Å². The van der Waals surface area contributed by atoms with Crippen LogP contribution in [0.1, 0.15) is 36.8 Å². The van der Waals surface area contributed by atoms with Crippen LogP contribution in [0, 0.1) is 5.92 Å². The third-order valence-corrected chi connectivity index (χ3v) is 4.27. The van der Waals surface area contributed by atoms with Gasteiger partial charge in [0, 0.05) is 28.7 Å². The first kappa shape index (κ1) is 13.1. The molecule has 3 aliphatic carbocycles. The quantitative estimate of drug-likeness (QED) is 0.793. The van der Waals surface area contributed by atoms with Gasteiger partial charge in [-0.3, -0.25) is 0 Å². The second-order valence-electron chi connectivity index (χ2n) is 6.76. The fourth-order valence-corrected chi connectivity index (χ4v) is 3.11. The molecule has 0 saturated carbocycles. The summed E-state index contributed by atoms with van der Waals surface area (Å²) < 4.78 is 0. The largest absolute Gasteiger partial charge is 0.507 e. The summed E-state index contributed by atoms with van der Waals surface area (Å²) >= 11 is 0. The number of aromatic nitrogens is 2. The van der Waals surface area contributed by atoms with E-state index in [1.807, 2.05) is 26.8 Å². The Hall–Kier alpha value is -2.63. The predicted octanol–water partition coefficient (Wildman–Crippen LogP) is 2.53. The maximum atomic E-state index is 11.3. The van der Waals surface area contributed by atoms with Gasteiger partial charge in [-0.25, -0.2) is 14.8 Å². The number of rotatable bonds is 3. The highest BCUT2D eigenvalue weighted by molar-refractivity contribution is 5.89. The smallest absolute Gasteiger partial charge is 0.339 e. The molecule has 6 nitrogen and oxygen atoms in total. The summed E-state index contributed by atoms with van der Waals surface area (Å²) in [5.41, 5.74) is 4.11. The van der Waals surface area contributed by atoms with Crippen molar-refractivity contribution in [3.05, 3.63) is 51.7 Å². The fraction of sp³-hybridized carbons (Fsp3) is 0.312. The number of carbonyl (C=O) groups is 1. The van der Waals surface area contributed by atoms with E-state index in [0.29, 0.717) is 23.3 Å². The van der Waals surface area contributed by atoms with E-state index in [4.69, 9.17) is 0 Å². The highest BCUT2D eigenvalue weighted by Gasteiger charge is 2.54.